The van der Waals surface area contributed by atoms with E-state index in [1.165, 1.54) is 0 Å². The smallest absolute Gasteiger partial charge is 0.325 e. The molecule has 0 radical (unpaired) electrons. The van der Waals surface area contributed by atoms with E-state index in [-0.39, 0.29) is 19.1 Å². The maximum atomic E-state index is 13.0. The molecule has 1 unspecified atom stereocenters. The summed E-state index contributed by atoms with van der Waals surface area (Å²) in [5.41, 5.74) is -0.422. The van der Waals surface area contributed by atoms with Crippen molar-refractivity contribution < 1.29 is 14.3 Å². The molecule has 5 nitrogen and oxygen atoms in total. The van der Waals surface area contributed by atoms with E-state index in [0.29, 0.717) is 32.8 Å². The zero-order chi connectivity index (χ0) is 19.6. The third-order valence-electron chi connectivity index (χ3n) is 4.52. The molecule has 0 aromatic heterocycles. The van der Waals surface area contributed by atoms with E-state index < -0.39 is 11.6 Å². The van der Waals surface area contributed by atoms with Crippen LogP contribution in [0.4, 0.5) is 4.79 Å². The number of ether oxygens (including phenoxy) is 1. The van der Waals surface area contributed by atoms with Crippen molar-refractivity contribution in [2.24, 2.45) is 0 Å². The summed E-state index contributed by atoms with van der Waals surface area (Å²) in [6, 6.07) is 11.4. The Kier molecular flexibility index (Phi) is 5.84. The Labute approximate surface area is 172 Å². The second-order valence-corrected chi connectivity index (χ2v) is 7.30. The molecular weight excluding hydrogens is 411 g/mol. The van der Waals surface area contributed by atoms with Gasteiger partial charge in [0.2, 0.25) is 0 Å². The van der Waals surface area contributed by atoms with Crippen molar-refractivity contribution in [3.63, 3.8) is 0 Å². The highest BCUT2D eigenvalue weighted by atomic mass is 35.5. The Balaban J connectivity index is 1.75. The van der Waals surface area contributed by atoms with Gasteiger partial charge in [-0.2, -0.15) is 0 Å². The molecule has 8 heteroatoms. The predicted octanol–water partition coefficient (Wildman–Crippen LogP) is 4.88. The lowest BCUT2D eigenvalue weighted by Gasteiger charge is -2.26. The fourth-order valence-corrected chi connectivity index (χ4v) is 3.69. The molecule has 27 heavy (non-hydrogen) atoms. The molecule has 1 aliphatic rings. The van der Waals surface area contributed by atoms with Gasteiger partial charge in [0.05, 0.1) is 16.6 Å². The van der Waals surface area contributed by atoms with Crippen LogP contribution in [0.5, 0.6) is 5.75 Å². The van der Waals surface area contributed by atoms with Gasteiger partial charge >= 0.3 is 6.03 Å². The fraction of sp³-hybridized carbons (Fsp3) is 0.263. The zero-order valence-electron chi connectivity index (χ0n) is 14.5. The standard InChI is InChI=1S/C19H17Cl3N2O3/c1-2-19(12-6-8-13(20)9-7-12)17(25)24(18(26)23-19)10-11-27-16-14(21)4-3-5-15(16)22/h3-9H,2,10-11H2,1H3,(H,23,26). The van der Waals surface area contributed by atoms with Crippen molar-refractivity contribution in [2.45, 2.75) is 18.9 Å². The molecule has 1 fully saturated rings. The number of amides is 3. The van der Waals surface area contributed by atoms with E-state index >= 15 is 0 Å². The summed E-state index contributed by atoms with van der Waals surface area (Å²) >= 11 is 18.1. The largest absolute Gasteiger partial charge is 0.489 e. The first-order valence-electron chi connectivity index (χ1n) is 8.36. The number of nitrogens with one attached hydrogen (secondary N) is 1. The van der Waals surface area contributed by atoms with Gasteiger partial charge in [0.1, 0.15) is 12.1 Å². The van der Waals surface area contributed by atoms with Crippen LogP contribution in [-0.4, -0.2) is 30.0 Å². The summed E-state index contributed by atoms with van der Waals surface area (Å²) in [5, 5.41) is 4.10. The van der Waals surface area contributed by atoms with Gasteiger partial charge in [-0.05, 0) is 36.2 Å². The first kappa shape index (κ1) is 19.8. The van der Waals surface area contributed by atoms with Gasteiger partial charge in [-0.25, -0.2) is 4.79 Å². The third kappa shape index (κ3) is 3.72. The molecule has 0 spiro atoms. The fourth-order valence-electron chi connectivity index (χ4n) is 3.06. The van der Waals surface area contributed by atoms with E-state index in [9.17, 15) is 9.59 Å². The number of urea groups is 1. The number of halogens is 3. The summed E-state index contributed by atoms with van der Waals surface area (Å²) in [7, 11) is 0. The lowest BCUT2D eigenvalue weighted by molar-refractivity contribution is -0.132. The molecule has 2 aromatic carbocycles. The average molecular weight is 428 g/mol. The van der Waals surface area contributed by atoms with Crippen LogP contribution in [-0.2, 0) is 10.3 Å². The molecule has 0 aliphatic carbocycles. The first-order chi connectivity index (χ1) is 12.9. The molecule has 3 rings (SSSR count). The van der Waals surface area contributed by atoms with Crippen LogP contribution in [0, 0.1) is 0 Å². The number of hydrogen-bond donors (Lipinski definition) is 1. The summed E-state index contributed by atoms with van der Waals surface area (Å²) in [5.74, 6) is -0.00137. The molecule has 1 saturated heterocycles. The quantitative estimate of drug-likeness (QED) is 0.668. The van der Waals surface area contributed by atoms with Crippen molar-refractivity contribution in [1.29, 1.82) is 0 Å². The number of nitrogens with zero attached hydrogens (tertiary/aromatic N) is 1. The maximum absolute atomic E-state index is 13.0. The second kappa shape index (κ2) is 7.97. The van der Waals surface area contributed by atoms with Crippen molar-refractivity contribution in [3.8, 4) is 5.75 Å². The maximum Gasteiger partial charge on any atom is 0.325 e. The van der Waals surface area contributed by atoms with Gasteiger partial charge < -0.3 is 10.1 Å². The molecule has 142 valence electrons. The molecular formula is C19H17Cl3N2O3. The monoisotopic (exact) mass is 426 g/mol. The molecule has 1 atom stereocenters. The lowest BCUT2D eigenvalue weighted by atomic mass is 9.87. The summed E-state index contributed by atoms with van der Waals surface area (Å²) in [6.07, 6.45) is 0.410. The molecule has 0 bridgehead atoms. The third-order valence-corrected chi connectivity index (χ3v) is 5.37. The van der Waals surface area contributed by atoms with E-state index in [2.05, 4.69) is 5.32 Å². The Bertz CT molecular complexity index is 853. The van der Waals surface area contributed by atoms with Crippen LogP contribution in [0.25, 0.3) is 0 Å². The van der Waals surface area contributed by atoms with Crippen molar-refractivity contribution in [1.82, 2.24) is 10.2 Å². The second-order valence-electron chi connectivity index (χ2n) is 6.05. The van der Waals surface area contributed by atoms with Crippen molar-refractivity contribution in [2.75, 3.05) is 13.2 Å². The van der Waals surface area contributed by atoms with Gasteiger partial charge in [-0.15, -0.1) is 0 Å². The van der Waals surface area contributed by atoms with E-state index in [1.807, 2.05) is 6.92 Å². The zero-order valence-corrected chi connectivity index (χ0v) is 16.7. The number of imide groups is 1. The van der Waals surface area contributed by atoms with Crippen molar-refractivity contribution >= 4 is 46.7 Å². The van der Waals surface area contributed by atoms with Gasteiger partial charge in [0.15, 0.2) is 5.75 Å². The minimum absolute atomic E-state index is 0.0710. The lowest BCUT2D eigenvalue weighted by Crippen LogP contribution is -2.43. The summed E-state index contributed by atoms with van der Waals surface area (Å²) < 4.78 is 5.59. The van der Waals surface area contributed by atoms with E-state index in [4.69, 9.17) is 39.5 Å². The van der Waals surface area contributed by atoms with Crippen LogP contribution in [0.2, 0.25) is 15.1 Å². The van der Waals surface area contributed by atoms with E-state index in [0.717, 1.165) is 4.90 Å². The molecule has 1 aliphatic heterocycles. The Morgan fingerprint density at radius 3 is 2.26 bits per heavy atom. The van der Waals surface area contributed by atoms with Gasteiger partial charge in [-0.3, -0.25) is 9.69 Å². The molecule has 2 aromatic rings. The topological polar surface area (TPSA) is 58.6 Å². The van der Waals surface area contributed by atoms with Crippen LogP contribution in [0.15, 0.2) is 42.5 Å². The SMILES string of the molecule is CCC1(c2ccc(Cl)cc2)NC(=O)N(CCOc2c(Cl)cccc2Cl)C1=O. The molecule has 1 heterocycles. The highest BCUT2D eigenvalue weighted by molar-refractivity contribution is 6.37. The van der Waals surface area contributed by atoms with Gasteiger partial charge in [-0.1, -0.05) is 59.9 Å². The number of hydrogen-bond acceptors (Lipinski definition) is 3. The molecule has 3 amide bonds. The Morgan fingerprint density at radius 1 is 1.04 bits per heavy atom. The highest BCUT2D eigenvalue weighted by Crippen LogP contribution is 2.34. The number of carbonyl (C=O) groups excluding carboxylic acids is 2. The van der Waals surface area contributed by atoms with Crippen LogP contribution >= 0.6 is 34.8 Å². The normalized spacial score (nSPS) is 19.3. The number of benzene rings is 2. The summed E-state index contributed by atoms with van der Waals surface area (Å²) in [6.45, 7) is 1.99. The van der Waals surface area contributed by atoms with Crippen LogP contribution in [0.3, 0.4) is 0 Å². The van der Waals surface area contributed by atoms with Gasteiger partial charge in [0, 0.05) is 5.02 Å². The first-order valence-corrected chi connectivity index (χ1v) is 9.49. The van der Waals surface area contributed by atoms with Gasteiger partial charge in [0.25, 0.3) is 5.91 Å². The minimum atomic E-state index is -1.11. The number of carbonyl (C=O) groups is 2. The van der Waals surface area contributed by atoms with Crippen molar-refractivity contribution in [3.05, 3.63) is 63.1 Å². The average Bonchev–Trinajstić information content (AvgIpc) is 2.89. The molecule has 0 saturated carbocycles. The van der Waals surface area contributed by atoms with Crippen LogP contribution in [0.1, 0.15) is 18.9 Å². The number of rotatable bonds is 6. The van der Waals surface area contributed by atoms with E-state index in [1.54, 1.807) is 42.5 Å². The Morgan fingerprint density at radius 2 is 1.67 bits per heavy atom. The highest BCUT2D eigenvalue weighted by Gasteiger charge is 2.51. The Hall–Kier alpha value is -1.95. The predicted molar refractivity (Wildman–Crippen MR) is 106 cm³/mol. The minimum Gasteiger partial charge on any atom is -0.489 e. The molecule has 1 N–H and O–H groups in total. The van der Waals surface area contributed by atoms with Crippen LogP contribution < -0.4 is 10.1 Å². The summed E-state index contributed by atoms with van der Waals surface area (Å²) in [4.78, 5) is 26.6. The number of para-hydroxylation sites is 1.